The number of fused-ring (bicyclic) bond motifs is 1. The number of benzene rings is 1. The zero-order chi connectivity index (χ0) is 12.4. The molecule has 2 nitrogen and oxygen atoms in total. The highest BCUT2D eigenvalue weighted by Gasteiger charge is 2.21. The van der Waals surface area contributed by atoms with Gasteiger partial charge in [0.15, 0.2) is 0 Å². The predicted octanol–water partition coefficient (Wildman–Crippen LogP) is 2.38. The highest BCUT2D eigenvalue weighted by Crippen LogP contribution is 2.28. The molecule has 0 aliphatic heterocycles. The van der Waals surface area contributed by atoms with Crippen LogP contribution in [-0.2, 0) is 12.8 Å². The first-order valence-electron chi connectivity index (χ1n) is 6.97. The number of rotatable bonds is 6. The lowest BCUT2D eigenvalue weighted by Crippen LogP contribution is -2.29. The van der Waals surface area contributed by atoms with E-state index < -0.39 is 0 Å². The molecule has 1 unspecified atom stereocenters. The molecule has 1 atom stereocenters. The Balaban J connectivity index is 1.46. The van der Waals surface area contributed by atoms with Crippen LogP contribution in [-0.4, -0.2) is 29.5 Å². The van der Waals surface area contributed by atoms with Gasteiger partial charge in [-0.2, -0.15) is 0 Å². The zero-order valence-corrected chi connectivity index (χ0v) is 11.5. The lowest BCUT2D eigenvalue weighted by molar-refractivity contribution is 0.195. The van der Waals surface area contributed by atoms with Gasteiger partial charge in [0.05, 0.1) is 6.10 Å². The Hall–Kier alpha value is -0.510. The third-order valence-electron chi connectivity index (χ3n) is 3.73. The van der Waals surface area contributed by atoms with E-state index in [1.807, 2.05) is 0 Å². The fourth-order valence-corrected chi connectivity index (χ4v) is 3.37. The molecule has 0 heterocycles. The van der Waals surface area contributed by atoms with E-state index in [1.165, 1.54) is 48.1 Å². The number of nitrogens with one attached hydrogen (secondary N) is 1. The van der Waals surface area contributed by atoms with Gasteiger partial charge in [0.1, 0.15) is 0 Å². The van der Waals surface area contributed by atoms with Crippen LogP contribution in [0.15, 0.2) is 23.1 Å². The van der Waals surface area contributed by atoms with E-state index >= 15 is 0 Å². The number of aryl methyl sites for hydroxylation is 2. The van der Waals surface area contributed by atoms with Gasteiger partial charge < -0.3 is 10.4 Å². The molecule has 1 aromatic rings. The highest BCUT2D eigenvalue weighted by atomic mass is 32.2. The minimum absolute atomic E-state index is 0.233. The van der Waals surface area contributed by atoms with E-state index in [2.05, 4.69) is 23.5 Å². The monoisotopic (exact) mass is 263 g/mol. The lowest BCUT2D eigenvalue weighted by Gasteiger charge is -2.11. The van der Waals surface area contributed by atoms with E-state index in [1.54, 1.807) is 11.8 Å². The van der Waals surface area contributed by atoms with Crippen molar-refractivity contribution < 1.29 is 5.11 Å². The van der Waals surface area contributed by atoms with Crippen molar-refractivity contribution in [2.75, 3.05) is 12.3 Å². The summed E-state index contributed by atoms with van der Waals surface area (Å²) in [5.74, 6) is 0.790. The predicted molar refractivity (Wildman–Crippen MR) is 76.2 cm³/mol. The Labute approximate surface area is 113 Å². The van der Waals surface area contributed by atoms with Crippen molar-refractivity contribution in [1.29, 1.82) is 0 Å². The summed E-state index contributed by atoms with van der Waals surface area (Å²) in [6.07, 6.45) is 6.11. The summed E-state index contributed by atoms with van der Waals surface area (Å²) in [6, 6.07) is 7.47. The minimum atomic E-state index is -0.233. The molecular formula is C15H21NOS. The normalized spacial score (nSPS) is 19.8. The fourth-order valence-electron chi connectivity index (χ4n) is 2.48. The van der Waals surface area contributed by atoms with Gasteiger partial charge in [-0.1, -0.05) is 6.07 Å². The molecule has 98 valence electrons. The summed E-state index contributed by atoms with van der Waals surface area (Å²) >= 11 is 1.78. The van der Waals surface area contributed by atoms with Crippen molar-refractivity contribution in [1.82, 2.24) is 5.32 Å². The molecule has 0 radical (unpaired) electrons. The number of hydrogen-bond acceptors (Lipinski definition) is 3. The third-order valence-corrected chi connectivity index (χ3v) is 4.87. The summed E-state index contributed by atoms with van der Waals surface area (Å²) in [7, 11) is 0. The van der Waals surface area contributed by atoms with Gasteiger partial charge in [-0.05, 0) is 55.4 Å². The summed E-state index contributed by atoms with van der Waals surface area (Å²) in [6.45, 7) is 0.739. The van der Waals surface area contributed by atoms with Gasteiger partial charge in [-0.15, -0.1) is 11.8 Å². The first kappa shape index (κ1) is 12.5. The van der Waals surface area contributed by atoms with E-state index in [-0.39, 0.29) is 6.10 Å². The van der Waals surface area contributed by atoms with E-state index in [4.69, 9.17) is 0 Å². The van der Waals surface area contributed by atoms with Crippen molar-refractivity contribution in [3.63, 3.8) is 0 Å². The first-order chi connectivity index (χ1) is 8.81. The van der Waals surface area contributed by atoms with Crippen LogP contribution in [0, 0.1) is 0 Å². The van der Waals surface area contributed by atoms with E-state index in [9.17, 15) is 5.11 Å². The molecule has 3 rings (SSSR count). The SMILES string of the molecule is OC(CNC1CC1)CSc1ccc2c(c1)CCC2. The Morgan fingerprint density at radius 3 is 2.94 bits per heavy atom. The van der Waals surface area contributed by atoms with Crippen LogP contribution in [0.3, 0.4) is 0 Å². The van der Waals surface area contributed by atoms with Gasteiger partial charge >= 0.3 is 0 Å². The van der Waals surface area contributed by atoms with E-state index in [0.717, 1.165) is 12.3 Å². The highest BCUT2D eigenvalue weighted by molar-refractivity contribution is 7.99. The van der Waals surface area contributed by atoms with Crippen LogP contribution in [0.25, 0.3) is 0 Å². The van der Waals surface area contributed by atoms with Crippen LogP contribution < -0.4 is 5.32 Å². The maximum absolute atomic E-state index is 9.90. The molecule has 0 aromatic heterocycles. The van der Waals surface area contributed by atoms with E-state index in [0.29, 0.717) is 6.04 Å². The number of hydrogen-bond donors (Lipinski definition) is 2. The molecular weight excluding hydrogens is 242 g/mol. The molecule has 0 spiro atoms. The maximum atomic E-state index is 9.90. The summed E-state index contributed by atoms with van der Waals surface area (Å²) in [5.41, 5.74) is 3.04. The molecule has 0 saturated heterocycles. The van der Waals surface area contributed by atoms with Crippen molar-refractivity contribution in [3.8, 4) is 0 Å². The summed E-state index contributed by atoms with van der Waals surface area (Å²) in [4.78, 5) is 1.31. The number of aliphatic hydroxyl groups is 1. The van der Waals surface area contributed by atoms with Crippen LogP contribution in [0.5, 0.6) is 0 Å². The molecule has 2 aliphatic carbocycles. The Kier molecular flexibility index (Phi) is 3.92. The standard InChI is InChI=1S/C15H21NOS/c17-14(9-16-13-5-6-13)10-18-15-7-4-11-2-1-3-12(11)8-15/h4,7-8,13-14,16-17H,1-3,5-6,9-10H2. The third kappa shape index (κ3) is 3.28. The van der Waals surface area contributed by atoms with Crippen LogP contribution >= 0.6 is 11.8 Å². The minimum Gasteiger partial charge on any atom is -0.391 e. The molecule has 2 aliphatic rings. The molecule has 1 saturated carbocycles. The second-order valence-corrected chi connectivity index (χ2v) is 6.52. The quantitative estimate of drug-likeness (QED) is 0.773. The molecule has 2 N–H and O–H groups in total. The first-order valence-corrected chi connectivity index (χ1v) is 7.96. The summed E-state index contributed by atoms with van der Waals surface area (Å²) in [5, 5.41) is 13.3. The molecule has 1 aromatic carbocycles. The molecule has 0 amide bonds. The second kappa shape index (κ2) is 5.64. The van der Waals surface area contributed by atoms with Crippen molar-refractivity contribution in [3.05, 3.63) is 29.3 Å². The Morgan fingerprint density at radius 2 is 2.11 bits per heavy atom. The summed E-state index contributed by atoms with van der Waals surface area (Å²) < 4.78 is 0. The molecule has 18 heavy (non-hydrogen) atoms. The molecule has 3 heteroatoms. The van der Waals surface area contributed by atoms with Crippen LogP contribution in [0.2, 0.25) is 0 Å². The molecule has 0 bridgehead atoms. The average Bonchev–Trinajstić information content (AvgIpc) is 3.10. The second-order valence-electron chi connectivity index (χ2n) is 5.43. The van der Waals surface area contributed by atoms with Gasteiger partial charge in [0.25, 0.3) is 0 Å². The van der Waals surface area contributed by atoms with Crippen LogP contribution in [0.1, 0.15) is 30.4 Å². The Morgan fingerprint density at radius 1 is 1.28 bits per heavy atom. The largest absolute Gasteiger partial charge is 0.391 e. The van der Waals surface area contributed by atoms with Crippen molar-refractivity contribution in [2.24, 2.45) is 0 Å². The van der Waals surface area contributed by atoms with Crippen molar-refractivity contribution in [2.45, 2.75) is 49.1 Å². The van der Waals surface area contributed by atoms with Gasteiger partial charge in [0, 0.05) is 23.2 Å². The lowest BCUT2D eigenvalue weighted by atomic mass is 10.1. The smallest absolute Gasteiger partial charge is 0.0758 e. The van der Waals surface area contributed by atoms with Crippen LogP contribution in [0.4, 0.5) is 0 Å². The average molecular weight is 263 g/mol. The molecule has 1 fully saturated rings. The fraction of sp³-hybridized carbons (Fsp3) is 0.600. The maximum Gasteiger partial charge on any atom is 0.0758 e. The van der Waals surface area contributed by atoms with Crippen molar-refractivity contribution >= 4 is 11.8 Å². The van der Waals surface area contributed by atoms with Gasteiger partial charge in [-0.25, -0.2) is 0 Å². The zero-order valence-electron chi connectivity index (χ0n) is 10.7. The number of aliphatic hydroxyl groups excluding tert-OH is 1. The Bertz CT molecular complexity index is 417. The topological polar surface area (TPSA) is 32.3 Å². The number of thioether (sulfide) groups is 1. The van der Waals surface area contributed by atoms with Gasteiger partial charge in [0.2, 0.25) is 0 Å². The van der Waals surface area contributed by atoms with Gasteiger partial charge in [-0.3, -0.25) is 0 Å².